The molecule has 0 radical (unpaired) electrons. The van der Waals surface area contributed by atoms with Crippen LogP contribution in [0, 0.1) is 0 Å². The van der Waals surface area contributed by atoms with E-state index in [-0.39, 0.29) is 0 Å². The van der Waals surface area contributed by atoms with Gasteiger partial charge in [0.05, 0.1) is 0 Å². The van der Waals surface area contributed by atoms with Gasteiger partial charge in [0.15, 0.2) is 0 Å². The van der Waals surface area contributed by atoms with Crippen molar-refractivity contribution in [3.05, 3.63) is 47.1 Å². The molecule has 0 saturated carbocycles. The second-order valence-electron chi connectivity index (χ2n) is 2.86. The van der Waals surface area contributed by atoms with Crippen molar-refractivity contribution in [2.24, 2.45) is 0 Å². The van der Waals surface area contributed by atoms with Crippen LogP contribution in [-0.4, -0.2) is 0 Å². The Morgan fingerprint density at radius 1 is 1.40 bits per heavy atom. The molecule has 0 atom stereocenters. The molecule has 0 aromatic rings. The largest absolute Gasteiger partial charge is 0.0949 e. The van der Waals surface area contributed by atoms with E-state index in [9.17, 15) is 0 Å². The quantitative estimate of drug-likeness (QED) is 0.473. The van der Waals surface area contributed by atoms with Gasteiger partial charge in [0.2, 0.25) is 0 Å². The van der Waals surface area contributed by atoms with Crippen molar-refractivity contribution in [1.29, 1.82) is 0 Å². The summed E-state index contributed by atoms with van der Waals surface area (Å²) >= 11 is 0. The molecule has 0 amide bonds. The first-order valence-corrected chi connectivity index (χ1v) is 3.56. The summed E-state index contributed by atoms with van der Waals surface area (Å²) in [5.41, 5.74) is 5.44. The van der Waals surface area contributed by atoms with Gasteiger partial charge in [0.25, 0.3) is 0 Å². The molecule has 0 heteroatoms. The van der Waals surface area contributed by atoms with Gasteiger partial charge in [-0.3, -0.25) is 0 Å². The van der Waals surface area contributed by atoms with Crippen molar-refractivity contribution < 1.29 is 0 Å². The third-order valence-electron chi connectivity index (χ3n) is 2.11. The fourth-order valence-electron chi connectivity index (χ4n) is 1.45. The molecule has 0 heterocycles. The van der Waals surface area contributed by atoms with E-state index in [1.165, 1.54) is 22.3 Å². The molecule has 10 heavy (non-hydrogen) atoms. The topological polar surface area (TPSA) is 0 Å². The average Bonchev–Trinajstić information content (AvgIpc) is 1.91. The highest BCUT2D eigenvalue weighted by Crippen LogP contribution is 2.36. The number of hydrogen-bond acceptors (Lipinski definition) is 0. The van der Waals surface area contributed by atoms with Crippen LogP contribution in [0.1, 0.15) is 13.3 Å². The molecule has 0 saturated heterocycles. The molecule has 0 aromatic carbocycles. The highest BCUT2D eigenvalue weighted by molar-refractivity contribution is 5.66. The van der Waals surface area contributed by atoms with Gasteiger partial charge < -0.3 is 0 Å². The first-order chi connectivity index (χ1) is 4.79. The Hall–Kier alpha value is -1.04. The van der Waals surface area contributed by atoms with Crippen molar-refractivity contribution in [2.75, 3.05) is 0 Å². The minimum absolute atomic E-state index is 1.03. The van der Waals surface area contributed by atoms with Gasteiger partial charge in [-0.05, 0) is 35.6 Å². The van der Waals surface area contributed by atoms with Crippen molar-refractivity contribution in [1.82, 2.24) is 0 Å². The fraction of sp³-hybridized carbons (Fsp3) is 0.200. The van der Waals surface area contributed by atoms with E-state index in [2.05, 4.69) is 31.7 Å². The van der Waals surface area contributed by atoms with Gasteiger partial charge in [0, 0.05) is 0 Å². The zero-order valence-corrected chi connectivity index (χ0v) is 6.15. The molecule has 2 aliphatic rings. The predicted molar refractivity (Wildman–Crippen MR) is 43.7 cm³/mol. The van der Waals surface area contributed by atoms with Crippen LogP contribution in [0.4, 0.5) is 0 Å². The van der Waals surface area contributed by atoms with Crippen LogP contribution >= 0.6 is 0 Å². The maximum Gasteiger partial charge on any atom is -0.00938 e. The molecule has 0 aromatic heterocycles. The van der Waals surface area contributed by atoms with Gasteiger partial charge in [-0.1, -0.05) is 24.8 Å². The van der Waals surface area contributed by atoms with E-state index in [1.54, 1.807) is 0 Å². The molecule has 50 valence electrons. The van der Waals surface area contributed by atoms with Crippen molar-refractivity contribution in [3.8, 4) is 0 Å². The molecule has 0 bridgehead atoms. The van der Waals surface area contributed by atoms with E-state index in [0.717, 1.165) is 6.42 Å². The second kappa shape index (κ2) is 1.72. The molecule has 0 nitrogen and oxygen atoms in total. The van der Waals surface area contributed by atoms with E-state index in [4.69, 9.17) is 0 Å². The fourth-order valence-corrected chi connectivity index (χ4v) is 1.45. The van der Waals surface area contributed by atoms with E-state index in [0.29, 0.717) is 0 Å². The van der Waals surface area contributed by atoms with E-state index >= 15 is 0 Å². The summed E-state index contributed by atoms with van der Waals surface area (Å²) in [5.74, 6) is 0. The highest BCUT2D eigenvalue weighted by Gasteiger charge is 2.17. The standard InChI is InChI=1S/C10H10/c1-7-4-3-5-9-8(2)6-10(7)9/h3,5-6H,1,4H2,2H3. The molecular weight excluding hydrogens is 120 g/mol. The van der Waals surface area contributed by atoms with Gasteiger partial charge in [-0.2, -0.15) is 0 Å². The van der Waals surface area contributed by atoms with Gasteiger partial charge in [-0.25, -0.2) is 0 Å². The van der Waals surface area contributed by atoms with E-state index in [1.807, 2.05) is 0 Å². The lowest BCUT2D eigenvalue weighted by atomic mass is 9.81. The monoisotopic (exact) mass is 130 g/mol. The Bertz CT molecular complexity index is 281. The SMILES string of the molecule is C=C1CC=CC2=C1C=C2C. The van der Waals surface area contributed by atoms with Crippen LogP contribution in [0.3, 0.4) is 0 Å². The Balaban J connectivity index is 2.41. The molecule has 0 fully saturated rings. The predicted octanol–water partition coefficient (Wildman–Crippen LogP) is 2.76. The maximum atomic E-state index is 3.98. The summed E-state index contributed by atoms with van der Waals surface area (Å²) in [5, 5.41) is 0. The van der Waals surface area contributed by atoms with Crippen LogP contribution in [0.15, 0.2) is 47.1 Å². The Labute approximate surface area is 61.3 Å². The van der Waals surface area contributed by atoms with Crippen LogP contribution in [0.2, 0.25) is 0 Å². The van der Waals surface area contributed by atoms with Crippen molar-refractivity contribution in [3.63, 3.8) is 0 Å². The molecule has 2 aliphatic carbocycles. The molecule has 0 spiro atoms. The van der Waals surface area contributed by atoms with Crippen LogP contribution in [0.5, 0.6) is 0 Å². The molecular formula is C10H10. The zero-order chi connectivity index (χ0) is 7.14. The number of allylic oxidation sites excluding steroid dienone is 7. The van der Waals surface area contributed by atoms with Crippen molar-refractivity contribution >= 4 is 0 Å². The molecule has 2 rings (SSSR count). The third-order valence-corrected chi connectivity index (χ3v) is 2.11. The van der Waals surface area contributed by atoms with Gasteiger partial charge in [-0.15, -0.1) is 0 Å². The zero-order valence-electron chi connectivity index (χ0n) is 6.15. The smallest absolute Gasteiger partial charge is 0.00938 e. The first kappa shape index (κ1) is 5.72. The Kier molecular flexibility index (Phi) is 0.986. The molecule has 0 aliphatic heterocycles. The Morgan fingerprint density at radius 3 is 2.80 bits per heavy atom. The average molecular weight is 130 g/mol. The van der Waals surface area contributed by atoms with Crippen LogP contribution < -0.4 is 0 Å². The lowest BCUT2D eigenvalue weighted by Gasteiger charge is -2.23. The van der Waals surface area contributed by atoms with Gasteiger partial charge in [0.1, 0.15) is 0 Å². The minimum Gasteiger partial charge on any atom is -0.0949 e. The van der Waals surface area contributed by atoms with E-state index < -0.39 is 0 Å². The molecule has 0 unspecified atom stereocenters. The summed E-state index contributed by atoms with van der Waals surface area (Å²) in [6.45, 7) is 6.12. The summed E-state index contributed by atoms with van der Waals surface area (Å²) in [6.07, 6.45) is 7.61. The number of hydrogen-bond donors (Lipinski definition) is 0. The second-order valence-corrected chi connectivity index (χ2v) is 2.86. The summed E-state index contributed by atoms with van der Waals surface area (Å²) in [7, 11) is 0. The normalized spacial score (nSPS) is 22.1. The Morgan fingerprint density at radius 2 is 2.20 bits per heavy atom. The summed E-state index contributed by atoms with van der Waals surface area (Å²) < 4.78 is 0. The van der Waals surface area contributed by atoms with Crippen LogP contribution in [-0.2, 0) is 0 Å². The lowest BCUT2D eigenvalue weighted by molar-refractivity contribution is 1.14. The maximum absolute atomic E-state index is 3.98. The van der Waals surface area contributed by atoms with Gasteiger partial charge >= 0.3 is 0 Å². The van der Waals surface area contributed by atoms with Crippen LogP contribution in [0.25, 0.3) is 0 Å². The number of rotatable bonds is 0. The first-order valence-electron chi connectivity index (χ1n) is 3.56. The highest BCUT2D eigenvalue weighted by atomic mass is 14.2. The minimum atomic E-state index is 1.03. The summed E-state index contributed by atoms with van der Waals surface area (Å²) in [4.78, 5) is 0. The summed E-state index contributed by atoms with van der Waals surface area (Å²) in [6, 6.07) is 0. The lowest BCUT2D eigenvalue weighted by Crippen LogP contribution is -2.05. The third kappa shape index (κ3) is 0.563. The molecule has 0 N–H and O–H groups in total. The van der Waals surface area contributed by atoms with Crippen molar-refractivity contribution in [2.45, 2.75) is 13.3 Å².